The summed E-state index contributed by atoms with van der Waals surface area (Å²) in [6.07, 6.45) is 6.70. The van der Waals surface area contributed by atoms with Crippen molar-refractivity contribution in [2.45, 2.75) is 77.0 Å². The van der Waals surface area contributed by atoms with Crippen LogP contribution in [0.3, 0.4) is 0 Å². The number of fused-ring (bicyclic) bond motifs is 2. The molecule has 0 spiro atoms. The first-order valence-corrected chi connectivity index (χ1v) is 11.7. The zero-order chi connectivity index (χ0) is 21.6. The molecule has 1 aromatic carbocycles. The third kappa shape index (κ3) is 6.21. The lowest BCUT2D eigenvalue weighted by atomic mass is 9.89. The fourth-order valence-electron chi connectivity index (χ4n) is 4.47. The summed E-state index contributed by atoms with van der Waals surface area (Å²) >= 11 is 0. The van der Waals surface area contributed by atoms with E-state index in [1.807, 2.05) is 7.05 Å². The zero-order valence-electron chi connectivity index (χ0n) is 19.5. The quantitative estimate of drug-likeness (QED) is 0.235. The highest BCUT2D eigenvalue weighted by Gasteiger charge is 2.23. The number of halogens is 1. The molecule has 176 valence electrons. The Labute approximate surface area is 208 Å². The summed E-state index contributed by atoms with van der Waals surface area (Å²) in [5.74, 6) is 3.26. The van der Waals surface area contributed by atoms with E-state index in [1.54, 1.807) is 0 Å². The number of nitrogens with one attached hydrogen (secondary N) is 2. The molecule has 1 aliphatic carbocycles. The van der Waals surface area contributed by atoms with E-state index in [2.05, 4.69) is 68.5 Å². The van der Waals surface area contributed by atoms with Crippen LogP contribution >= 0.6 is 24.0 Å². The molecule has 0 amide bonds. The van der Waals surface area contributed by atoms with Crippen LogP contribution in [0.4, 0.5) is 0 Å². The smallest absolute Gasteiger partial charge is 0.191 e. The normalized spacial score (nSPS) is 20.3. The van der Waals surface area contributed by atoms with Crippen LogP contribution in [-0.2, 0) is 24.1 Å². The maximum atomic E-state index is 6.22. The molecular formula is C24H37IN6O. The first-order chi connectivity index (χ1) is 15.1. The highest BCUT2D eigenvalue weighted by Crippen LogP contribution is 2.32. The molecule has 0 saturated carbocycles. The molecule has 7 nitrogen and oxygen atoms in total. The molecule has 2 N–H and O–H groups in total. The van der Waals surface area contributed by atoms with E-state index in [0.29, 0.717) is 12.0 Å². The third-order valence-electron chi connectivity index (χ3n) is 6.20. The van der Waals surface area contributed by atoms with Gasteiger partial charge in [0.2, 0.25) is 0 Å². The highest BCUT2D eigenvalue weighted by molar-refractivity contribution is 14.0. The second kappa shape index (κ2) is 12.0. The lowest BCUT2D eigenvalue weighted by Crippen LogP contribution is -2.47. The molecule has 0 fully saturated rings. The van der Waals surface area contributed by atoms with Crippen molar-refractivity contribution in [1.82, 2.24) is 25.4 Å². The van der Waals surface area contributed by atoms with E-state index in [-0.39, 0.29) is 30.1 Å². The second-order valence-corrected chi connectivity index (χ2v) is 8.91. The van der Waals surface area contributed by atoms with E-state index in [4.69, 9.17) is 4.74 Å². The van der Waals surface area contributed by atoms with Gasteiger partial charge in [-0.2, -0.15) is 5.10 Å². The molecule has 0 radical (unpaired) electrons. The summed E-state index contributed by atoms with van der Waals surface area (Å²) < 4.78 is 8.27. The van der Waals surface area contributed by atoms with Gasteiger partial charge in [0.1, 0.15) is 5.82 Å². The number of guanidine groups is 1. The largest absolute Gasteiger partial charge is 0.373 e. The van der Waals surface area contributed by atoms with Crippen molar-refractivity contribution >= 4 is 29.9 Å². The van der Waals surface area contributed by atoms with Gasteiger partial charge in [-0.25, -0.2) is 9.67 Å². The molecule has 0 saturated heterocycles. The van der Waals surface area contributed by atoms with Crippen LogP contribution in [0.15, 0.2) is 29.3 Å². The molecule has 32 heavy (non-hydrogen) atoms. The number of aryl methyl sites for hydroxylation is 2. The first kappa shape index (κ1) is 25.0. The van der Waals surface area contributed by atoms with Gasteiger partial charge in [0.25, 0.3) is 0 Å². The van der Waals surface area contributed by atoms with Crippen LogP contribution in [0, 0.1) is 0 Å². The van der Waals surface area contributed by atoms with Crippen LogP contribution in [-0.4, -0.2) is 47.0 Å². The highest BCUT2D eigenvalue weighted by atomic mass is 127. The predicted octanol–water partition coefficient (Wildman–Crippen LogP) is 3.98. The molecule has 2 atom stereocenters. The Morgan fingerprint density at radius 3 is 2.91 bits per heavy atom. The molecule has 2 heterocycles. The van der Waals surface area contributed by atoms with Crippen molar-refractivity contribution in [3.8, 4) is 0 Å². The summed E-state index contributed by atoms with van der Waals surface area (Å²) in [5, 5.41) is 11.7. The maximum absolute atomic E-state index is 6.22. The Kier molecular flexibility index (Phi) is 9.34. The monoisotopic (exact) mass is 552 g/mol. The SMILES string of the molecule is CN=C(NCCCOC1CCCc2ccccc21)NC1CCc2nc(C(C)C)nn2C1.I. The van der Waals surface area contributed by atoms with Crippen molar-refractivity contribution in [1.29, 1.82) is 0 Å². The number of rotatable bonds is 7. The molecule has 0 bridgehead atoms. The Morgan fingerprint density at radius 2 is 2.09 bits per heavy atom. The number of ether oxygens (including phenoxy) is 1. The van der Waals surface area contributed by atoms with Gasteiger partial charge in [0.05, 0.1) is 12.6 Å². The number of hydrogen-bond acceptors (Lipinski definition) is 4. The minimum Gasteiger partial charge on any atom is -0.373 e. The summed E-state index contributed by atoms with van der Waals surface area (Å²) in [7, 11) is 1.82. The summed E-state index contributed by atoms with van der Waals surface area (Å²) in [6.45, 7) is 6.71. The van der Waals surface area contributed by atoms with Gasteiger partial charge in [-0.3, -0.25) is 4.99 Å². The number of nitrogens with zero attached hydrogens (tertiary/aromatic N) is 4. The number of benzene rings is 1. The Bertz CT molecular complexity index is 896. The van der Waals surface area contributed by atoms with Gasteiger partial charge in [0, 0.05) is 38.6 Å². The van der Waals surface area contributed by atoms with Crippen molar-refractivity contribution in [3.63, 3.8) is 0 Å². The molecule has 2 aliphatic rings. The van der Waals surface area contributed by atoms with Gasteiger partial charge in [-0.1, -0.05) is 38.1 Å². The topological polar surface area (TPSA) is 76.4 Å². The fraction of sp³-hybridized carbons (Fsp3) is 0.625. The van der Waals surface area contributed by atoms with E-state index in [0.717, 1.165) is 63.0 Å². The van der Waals surface area contributed by atoms with Crippen LogP contribution in [0.5, 0.6) is 0 Å². The molecular weight excluding hydrogens is 515 g/mol. The van der Waals surface area contributed by atoms with Gasteiger partial charge >= 0.3 is 0 Å². The molecule has 8 heteroatoms. The predicted molar refractivity (Wildman–Crippen MR) is 139 cm³/mol. The van der Waals surface area contributed by atoms with Crippen molar-refractivity contribution in [3.05, 3.63) is 47.0 Å². The van der Waals surface area contributed by atoms with Crippen LogP contribution in [0.1, 0.15) is 74.3 Å². The standard InChI is InChI=1S/C24H36N6O.HI/c1-17(2)23-28-22-13-12-19(16-30(22)29-23)27-24(25-3)26-14-7-15-31-21-11-6-9-18-8-4-5-10-20(18)21;/h4-5,8,10,17,19,21H,6-7,9,11-16H2,1-3H3,(H2,25,26,27);1H. The Balaban J connectivity index is 0.00000289. The lowest BCUT2D eigenvalue weighted by molar-refractivity contribution is 0.0398. The molecule has 2 aromatic rings. The summed E-state index contributed by atoms with van der Waals surface area (Å²) in [6, 6.07) is 9.02. The fourth-order valence-corrected chi connectivity index (χ4v) is 4.47. The van der Waals surface area contributed by atoms with Crippen LogP contribution in [0.2, 0.25) is 0 Å². The third-order valence-corrected chi connectivity index (χ3v) is 6.20. The summed E-state index contributed by atoms with van der Waals surface area (Å²) in [5.41, 5.74) is 2.83. The van der Waals surface area contributed by atoms with E-state index < -0.39 is 0 Å². The molecule has 4 rings (SSSR count). The van der Waals surface area contributed by atoms with E-state index >= 15 is 0 Å². The van der Waals surface area contributed by atoms with E-state index in [1.165, 1.54) is 24.0 Å². The molecule has 1 aliphatic heterocycles. The van der Waals surface area contributed by atoms with Crippen LogP contribution in [0.25, 0.3) is 0 Å². The van der Waals surface area contributed by atoms with Gasteiger partial charge in [-0.05, 0) is 43.2 Å². The van der Waals surface area contributed by atoms with Gasteiger partial charge in [0.15, 0.2) is 11.8 Å². The zero-order valence-corrected chi connectivity index (χ0v) is 21.8. The van der Waals surface area contributed by atoms with Crippen molar-refractivity contribution < 1.29 is 4.74 Å². The average molecular weight is 553 g/mol. The van der Waals surface area contributed by atoms with Crippen molar-refractivity contribution in [2.75, 3.05) is 20.2 Å². The average Bonchev–Trinajstić information content (AvgIpc) is 3.22. The van der Waals surface area contributed by atoms with Gasteiger partial charge < -0.3 is 15.4 Å². The van der Waals surface area contributed by atoms with Crippen LogP contribution < -0.4 is 10.6 Å². The molecule has 2 unspecified atom stereocenters. The second-order valence-electron chi connectivity index (χ2n) is 8.91. The number of aliphatic imine (C=N–C) groups is 1. The summed E-state index contributed by atoms with van der Waals surface area (Å²) in [4.78, 5) is 9.07. The van der Waals surface area contributed by atoms with Gasteiger partial charge in [-0.15, -0.1) is 24.0 Å². The maximum Gasteiger partial charge on any atom is 0.191 e. The Hall–Kier alpha value is -1.68. The Morgan fingerprint density at radius 1 is 1.25 bits per heavy atom. The first-order valence-electron chi connectivity index (χ1n) is 11.7. The number of aromatic nitrogens is 3. The van der Waals surface area contributed by atoms with E-state index in [9.17, 15) is 0 Å². The minimum absolute atomic E-state index is 0. The van der Waals surface area contributed by atoms with Crippen molar-refractivity contribution in [2.24, 2.45) is 4.99 Å². The lowest BCUT2D eigenvalue weighted by Gasteiger charge is -2.26. The minimum atomic E-state index is 0. The molecule has 1 aromatic heterocycles. The number of hydrogen-bond donors (Lipinski definition) is 2.